The van der Waals surface area contributed by atoms with Crippen LogP contribution < -0.4 is 5.46 Å². The fourth-order valence-corrected chi connectivity index (χ4v) is 1.87. The maximum Gasteiger partial charge on any atom is 0.139 e. The van der Waals surface area contributed by atoms with E-state index in [4.69, 9.17) is 4.74 Å². The highest BCUT2D eigenvalue weighted by Crippen LogP contribution is 2.37. The minimum atomic E-state index is 0.506. The maximum atomic E-state index is 5.26. The number of benzene rings is 1. The molecule has 1 aromatic rings. The Bertz CT molecular complexity index is 275. The summed E-state index contributed by atoms with van der Waals surface area (Å²) in [6, 6.07) is 8.86. The Morgan fingerprint density at radius 1 is 1.23 bits per heavy atom. The lowest BCUT2D eigenvalue weighted by molar-refractivity contribution is 0.0258. The molecule has 0 radical (unpaired) electrons. The summed E-state index contributed by atoms with van der Waals surface area (Å²) in [6.07, 6.45) is 2.89. The molecule has 0 bridgehead atoms. The van der Waals surface area contributed by atoms with Crippen molar-refractivity contribution in [1.82, 2.24) is 0 Å². The van der Waals surface area contributed by atoms with Gasteiger partial charge in [0.1, 0.15) is 7.85 Å². The topological polar surface area (TPSA) is 9.23 Å². The molecule has 2 rings (SSSR count). The molecule has 13 heavy (non-hydrogen) atoms. The van der Waals surface area contributed by atoms with Crippen molar-refractivity contribution in [3.63, 3.8) is 0 Å². The van der Waals surface area contributed by atoms with Crippen LogP contribution in [0.5, 0.6) is 0 Å². The molecule has 1 aromatic carbocycles. The number of hydrogen-bond donors (Lipinski definition) is 0. The summed E-state index contributed by atoms with van der Waals surface area (Å²) in [5, 5.41) is 0. The summed E-state index contributed by atoms with van der Waals surface area (Å²) >= 11 is 0. The second kappa shape index (κ2) is 3.55. The van der Waals surface area contributed by atoms with Crippen molar-refractivity contribution < 1.29 is 4.74 Å². The van der Waals surface area contributed by atoms with Crippen LogP contribution in [0, 0.1) is 0 Å². The van der Waals surface area contributed by atoms with Gasteiger partial charge in [-0.25, -0.2) is 0 Å². The van der Waals surface area contributed by atoms with Crippen LogP contribution >= 0.6 is 0 Å². The van der Waals surface area contributed by atoms with Gasteiger partial charge in [-0.1, -0.05) is 29.7 Å². The molecule has 2 heteroatoms. The average Bonchev–Trinajstić information content (AvgIpc) is 2.06. The highest BCUT2D eigenvalue weighted by atomic mass is 16.5. The van der Waals surface area contributed by atoms with Crippen LogP contribution in [-0.4, -0.2) is 21.1 Å². The summed E-state index contributed by atoms with van der Waals surface area (Å²) < 4.78 is 5.26. The van der Waals surface area contributed by atoms with Crippen LogP contribution in [0.3, 0.4) is 0 Å². The van der Waals surface area contributed by atoms with Crippen molar-refractivity contribution in [1.29, 1.82) is 0 Å². The standard InChI is InChI=1S/C11H15BO/c1-13-11-6-9(7-11)8-2-4-10(12)5-3-8/h2-5,9,11H,6-7,12H2,1H3. The molecular weight excluding hydrogens is 159 g/mol. The van der Waals surface area contributed by atoms with Gasteiger partial charge in [-0.05, 0) is 24.3 Å². The third kappa shape index (κ3) is 1.78. The zero-order chi connectivity index (χ0) is 9.26. The second-order valence-corrected chi connectivity index (χ2v) is 3.94. The van der Waals surface area contributed by atoms with Gasteiger partial charge in [-0.15, -0.1) is 0 Å². The van der Waals surface area contributed by atoms with E-state index in [2.05, 4.69) is 32.1 Å². The highest BCUT2D eigenvalue weighted by Gasteiger charge is 2.29. The molecule has 1 fully saturated rings. The first-order valence-corrected chi connectivity index (χ1v) is 4.89. The first-order chi connectivity index (χ1) is 6.29. The van der Waals surface area contributed by atoms with Gasteiger partial charge < -0.3 is 4.74 Å². The van der Waals surface area contributed by atoms with Gasteiger partial charge in [0.2, 0.25) is 0 Å². The van der Waals surface area contributed by atoms with Crippen molar-refractivity contribution >= 4 is 13.3 Å². The molecule has 0 unspecified atom stereocenters. The van der Waals surface area contributed by atoms with Gasteiger partial charge in [-0.3, -0.25) is 0 Å². The fourth-order valence-electron chi connectivity index (χ4n) is 1.87. The molecule has 1 aliphatic rings. The van der Waals surface area contributed by atoms with Crippen molar-refractivity contribution in [2.75, 3.05) is 7.11 Å². The lowest BCUT2D eigenvalue weighted by Gasteiger charge is -2.34. The van der Waals surface area contributed by atoms with Crippen molar-refractivity contribution in [3.8, 4) is 0 Å². The summed E-state index contributed by atoms with van der Waals surface area (Å²) in [5.41, 5.74) is 2.81. The molecule has 0 heterocycles. The molecule has 1 saturated carbocycles. The Balaban J connectivity index is 1.99. The SMILES string of the molecule is Bc1ccc(C2CC(OC)C2)cc1. The molecule has 1 aliphatic carbocycles. The van der Waals surface area contributed by atoms with Crippen LogP contribution in [-0.2, 0) is 4.74 Å². The Labute approximate surface area is 80.5 Å². The smallest absolute Gasteiger partial charge is 0.139 e. The van der Waals surface area contributed by atoms with E-state index >= 15 is 0 Å². The third-order valence-electron chi connectivity index (χ3n) is 2.98. The number of rotatable bonds is 2. The first kappa shape index (κ1) is 8.83. The summed E-state index contributed by atoms with van der Waals surface area (Å²) in [4.78, 5) is 0. The van der Waals surface area contributed by atoms with Crippen molar-refractivity contribution in [2.45, 2.75) is 24.9 Å². The molecule has 68 valence electrons. The molecule has 1 nitrogen and oxygen atoms in total. The monoisotopic (exact) mass is 174 g/mol. The zero-order valence-corrected chi connectivity index (χ0v) is 8.29. The maximum absolute atomic E-state index is 5.26. The number of ether oxygens (including phenoxy) is 1. The molecular formula is C11H15BO. The molecule has 0 saturated heterocycles. The summed E-state index contributed by atoms with van der Waals surface area (Å²) in [7, 11) is 3.93. The van der Waals surface area contributed by atoms with Crippen LogP contribution in [0.2, 0.25) is 0 Å². The lowest BCUT2D eigenvalue weighted by Crippen LogP contribution is -2.28. The Hall–Kier alpha value is -0.755. The van der Waals surface area contributed by atoms with Gasteiger partial charge in [-0.2, -0.15) is 0 Å². The zero-order valence-electron chi connectivity index (χ0n) is 8.29. The fraction of sp³-hybridized carbons (Fsp3) is 0.455. The molecule has 0 N–H and O–H groups in total. The van der Waals surface area contributed by atoms with Crippen molar-refractivity contribution in [3.05, 3.63) is 29.8 Å². The second-order valence-electron chi connectivity index (χ2n) is 3.94. The van der Waals surface area contributed by atoms with E-state index in [-0.39, 0.29) is 0 Å². The van der Waals surface area contributed by atoms with Gasteiger partial charge >= 0.3 is 0 Å². The molecule has 0 atom stereocenters. The quantitative estimate of drug-likeness (QED) is 0.603. The van der Waals surface area contributed by atoms with E-state index in [0.717, 1.165) is 5.92 Å². The van der Waals surface area contributed by atoms with E-state index in [1.807, 2.05) is 0 Å². The van der Waals surface area contributed by atoms with Crippen LogP contribution in [0.1, 0.15) is 24.3 Å². The van der Waals surface area contributed by atoms with E-state index < -0.39 is 0 Å². The minimum Gasteiger partial charge on any atom is -0.381 e. The van der Waals surface area contributed by atoms with Crippen molar-refractivity contribution in [2.24, 2.45) is 0 Å². The van der Waals surface area contributed by atoms with Crippen LogP contribution in [0.25, 0.3) is 0 Å². The Morgan fingerprint density at radius 3 is 2.38 bits per heavy atom. The molecule has 0 amide bonds. The van der Waals surface area contributed by atoms with Gasteiger partial charge in [0.25, 0.3) is 0 Å². The normalized spacial score (nSPS) is 26.8. The van der Waals surface area contributed by atoms with Gasteiger partial charge in [0.15, 0.2) is 0 Å². The molecule has 0 spiro atoms. The van der Waals surface area contributed by atoms with Gasteiger partial charge in [0.05, 0.1) is 6.10 Å². The minimum absolute atomic E-state index is 0.506. The summed E-state index contributed by atoms with van der Waals surface area (Å²) in [6.45, 7) is 0. The van der Waals surface area contributed by atoms with Crippen LogP contribution in [0.4, 0.5) is 0 Å². The Kier molecular flexibility index (Phi) is 2.41. The van der Waals surface area contributed by atoms with E-state index in [1.54, 1.807) is 7.11 Å². The lowest BCUT2D eigenvalue weighted by atomic mass is 9.77. The van der Waals surface area contributed by atoms with E-state index in [9.17, 15) is 0 Å². The predicted octanol–water partition coefficient (Wildman–Crippen LogP) is 0.837. The predicted molar refractivity (Wildman–Crippen MR) is 57.4 cm³/mol. The van der Waals surface area contributed by atoms with E-state index in [1.165, 1.54) is 23.9 Å². The van der Waals surface area contributed by atoms with Crippen LogP contribution in [0.15, 0.2) is 24.3 Å². The van der Waals surface area contributed by atoms with E-state index in [0.29, 0.717) is 6.10 Å². The number of methoxy groups -OCH3 is 1. The molecule has 0 aliphatic heterocycles. The third-order valence-corrected chi connectivity index (χ3v) is 2.98. The first-order valence-electron chi connectivity index (χ1n) is 4.89. The summed E-state index contributed by atoms with van der Waals surface area (Å²) in [5.74, 6) is 0.741. The van der Waals surface area contributed by atoms with Gasteiger partial charge in [0, 0.05) is 7.11 Å². The highest BCUT2D eigenvalue weighted by molar-refractivity contribution is 6.32. The number of hydrogen-bond acceptors (Lipinski definition) is 1. The largest absolute Gasteiger partial charge is 0.381 e. The molecule has 0 aromatic heterocycles. The Morgan fingerprint density at radius 2 is 1.85 bits per heavy atom. The average molecular weight is 174 g/mol.